The lowest BCUT2D eigenvalue weighted by molar-refractivity contribution is 0.0687. The Kier molecular flexibility index (Phi) is 4.09. The highest BCUT2D eigenvalue weighted by atomic mass is 32.2. The number of hydrogen-bond acceptors (Lipinski definition) is 7. The van der Waals surface area contributed by atoms with E-state index < -0.39 is 15.8 Å². The molecule has 1 aliphatic rings. The van der Waals surface area contributed by atoms with E-state index in [0.717, 1.165) is 11.3 Å². The first kappa shape index (κ1) is 14.9. The molecule has 7 nitrogen and oxygen atoms in total. The Balaban J connectivity index is 2.31. The van der Waals surface area contributed by atoms with E-state index in [1.807, 2.05) is 0 Å². The van der Waals surface area contributed by atoms with Crippen LogP contribution in [0.2, 0.25) is 0 Å². The molecule has 0 saturated carbocycles. The van der Waals surface area contributed by atoms with Crippen molar-refractivity contribution in [2.24, 2.45) is 0 Å². The molecular weight excluding hydrogens is 304 g/mol. The maximum absolute atomic E-state index is 11.5. The Morgan fingerprint density at radius 1 is 1.30 bits per heavy atom. The Labute approximate surface area is 120 Å². The van der Waals surface area contributed by atoms with Gasteiger partial charge in [-0.1, -0.05) is 11.3 Å². The van der Waals surface area contributed by atoms with Crippen LogP contribution in [0.5, 0.6) is 0 Å². The van der Waals surface area contributed by atoms with Gasteiger partial charge in [-0.05, 0) is 6.42 Å². The molecule has 1 N–H and O–H groups in total. The highest BCUT2D eigenvalue weighted by Gasteiger charge is 2.26. The minimum absolute atomic E-state index is 0.0182. The molecule has 0 radical (unpaired) electrons. The minimum Gasteiger partial charge on any atom is -0.476 e. The molecule has 1 fully saturated rings. The standard InChI is InChI=1S/C11H14N2O5S2/c1-7(14)9-8(10(15)16)12-11(19-9)13-3-2-5-20(17,18)6-4-13/h2-6H2,1H3,(H,15,16). The lowest BCUT2D eigenvalue weighted by atomic mass is 10.3. The first-order chi connectivity index (χ1) is 9.30. The van der Waals surface area contributed by atoms with Crippen molar-refractivity contribution in [3.63, 3.8) is 0 Å². The number of hydrogen-bond donors (Lipinski definition) is 1. The van der Waals surface area contributed by atoms with Gasteiger partial charge in [0, 0.05) is 20.0 Å². The topological polar surface area (TPSA) is 105 Å². The van der Waals surface area contributed by atoms with Crippen LogP contribution >= 0.6 is 11.3 Å². The third-order valence-electron chi connectivity index (χ3n) is 2.96. The zero-order valence-electron chi connectivity index (χ0n) is 10.8. The number of nitrogens with zero attached hydrogens (tertiary/aromatic N) is 2. The minimum atomic E-state index is -3.04. The molecule has 0 bridgehead atoms. The summed E-state index contributed by atoms with van der Waals surface area (Å²) in [6.45, 7) is 2.05. The van der Waals surface area contributed by atoms with E-state index in [4.69, 9.17) is 5.11 Å². The van der Waals surface area contributed by atoms with Crippen molar-refractivity contribution in [1.29, 1.82) is 0 Å². The number of carboxylic acid groups (broad SMARTS) is 1. The van der Waals surface area contributed by atoms with Crippen LogP contribution in [0.1, 0.15) is 33.5 Å². The second-order valence-electron chi connectivity index (χ2n) is 4.53. The quantitative estimate of drug-likeness (QED) is 0.817. The van der Waals surface area contributed by atoms with E-state index in [9.17, 15) is 18.0 Å². The van der Waals surface area contributed by atoms with Crippen LogP contribution < -0.4 is 4.90 Å². The van der Waals surface area contributed by atoms with Crippen molar-refractivity contribution in [3.05, 3.63) is 10.6 Å². The van der Waals surface area contributed by atoms with Gasteiger partial charge in [-0.25, -0.2) is 18.2 Å². The van der Waals surface area contributed by atoms with Crippen LogP contribution in [-0.4, -0.2) is 54.9 Å². The van der Waals surface area contributed by atoms with Gasteiger partial charge in [0.1, 0.15) is 4.88 Å². The smallest absolute Gasteiger partial charge is 0.356 e. The number of carbonyl (C=O) groups is 2. The average molecular weight is 318 g/mol. The lowest BCUT2D eigenvalue weighted by Crippen LogP contribution is -2.26. The van der Waals surface area contributed by atoms with E-state index in [2.05, 4.69) is 4.98 Å². The molecular formula is C11H14N2O5S2. The number of Topliss-reactive ketones (excluding diaryl/α,β-unsaturated/α-hetero) is 1. The zero-order chi connectivity index (χ0) is 14.9. The van der Waals surface area contributed by atoms with Crippen molar-refractivity contribution in [2.75, 3.05) is 29.5 Å². The average Bonchev–Trinajstić information content (AvgIpc) is 2.70. The number of ketones is 1. The van der Waals surface area contributed by atoms with Gasteiger partial charge in [0.05, 0.1) is 11.5 Å². The molecule has 9 heteroatoms. The molecule has 20 heavy (non-hydrogen) atoms. The molecule has 0 aliphatic carbocycles. The number of carboxylic acids is 1. The molecule has 1 aromatic rings. The molecule has 0 atom stereocenters. The third-order valence-corrected chi connectivity index (χ3v) is 5.90. The summed E-state index contributed by atoms with van der Waals surface area (Å²) in [6, 6.07) is 0. The molecule has 0 spiro atoms. The van der Waals surface area contributed by atoms with Gasteiger partial charge < -0.3 is 10.0 Å². The highest BCUT2D eigenvalue weighted by molar-refractivity contribution is 7.91. The SMILES string of the molecule is CC(=O)c1sc(N2CCCS(=O)(=O)CC2)nc1C(=O)O. The molecule has 1 saturated heterocycles. The second kappa shape index (κ2) is 5.49. The summed E-state index contributed by atoms with van der Waals surface area (Å²) in [7, 11) is -3.04. The van der Waals surface area contributed by atoms with Gasteiger partial charge in [0.15, 0.2) is 26.4 Å². The lowest BCUT2D eigenvalue weighted by Gasteiger charge is -2.17. The first-order valence-corrected chi connectivity index (χ1v) is 8.64. The van der Waals surface area contributed by atoms with E-state index in [1.54, 1.807) is 4.90 Å². The number of sulfone groups is 1. The van der Waals surface area contributed by atoms with Crippen LogP contribution in [0.4, 0.5) is 5.13 Å². The molecule has 0 amide bonds. The van der Waals surface area contributed by atoms with E-state index in [0.29, 0.717) is 18.1 Å². The molecule has 0 unspecified atom stereocenters. The fraction of sp³-hybridized carbons (Fsp3) is 0.545. The molecule has 1 aliphatic heterocycles. The highest BCUT2D eigenvalue weighted by Crippen LogP contribution is 2.28. The van der Waals surface area contributed by atoms with Gasteiger partial charge >= 0.3 is 5.97 Å². The fourth-order valence-corrected chi connectivity index (χ4v) is 4.23. The van der Waals surface area contributed by atoms with Crippen molar-refractivity contribution in [3.8, 4) is 0 Å². The summed E-state index contributed by atoms with van der Waals surface area (Å²) < 4.78 is 23.1. The van der Waals surface area contributed by atoms with Crippen LogP contribution in [0.25, 0.3) is 0 Å². The summed E-state index contributed by atoms with van der Waals surface area (Å²) >= 11 is 1.00. The van der Waals surface area contributed by atoms with Gasteiger partial charge in [-0.3, -0.25) is 4.79 Å². The molecule has 2 heterocycles. The Hall–Kier alpha value is -1.48. The molecule has 1 aromatic heterocycles. The summed E-state index contributed by atoms with van der Waals surface area (Å²) in [5, 5.41) is 9.44. The van der Waals surface area contributed by atoms with Crippen molar-refractivity contribution in [2.45, 2.75) is 13.3 Å². The summed E-state index contributed by atoms with van der Waals surface area (Å²) in [5.41, 5.74) is -0.260. The summed E-state index contributed by atoms with van der Waals surface area (Å²) in [6.07, 6.45) is 0.472. The largest absolute Gasteiger partial charge is 0.476 e. The van der Waals surface area contributed by atoms with Gasteiger partial charge in [-0.2, -0.15) is 0 Å². The maximum atomic E-state index is 11.5. The van der Waals surface area contributed by atoms with E-state index in [1.165, 1.54) is 6.92 Å². The van der Waals surface area contributed by atoms with Crippen molar-refractivity contribution in [1.82, 2.24) is 4.98 Å². The summed E-state index contributed by atoms with van der Waals surface area (Å²) in [4.78, 5) is 28.3. The number of aromatic nitrogens is 1. The predicted octanol–water partition coefficient (Wildman–Crippen LogP) is 0.669. The third kappa shape index (κ3) is 3.15. The molecule has 2 rings (SSSR count). The number of carbonyl (C=O) groups excluding carboxylic acids is 1. The van der Waals surface area contributed by atoms with Crippen LogP contribution in [-0.2, 0) is 9.84 Å². The number of thiazole rings is 1. The second-order valence-corrected chi connectivity index (χ2v) is 7.81. The van der Waals surface area contributed by atoms with Gasteiger partial charge in [0.2, 0.25) is 0 Å². The van der Waals surface area contributed by atoms with E-state index in [-0.39, 0.29) is 34.4 Å². The van der Waals surface area contributed by atoms with Crippen LogP contribution in [0, 0.1) is 0 Å². The Morgan fingerprint density at radius 2 is 2.00 bits per heavy atom. The van der Waals surface area contributed by atoms with Crippen molar-refractivity contribution < 1.29 is 23.1 Å². The van der Waals surface area contributed by atoms with E-state index >= 15 is 0 Å². The monoisotopic (exact) mass is 318 g/mol. The Morgan fingerprint density at radius 3 is 2.55 bits per heavy atom. The fourth-order valence-electron chi connectivity index (χ4n) is 1.96. The maximum Gasteiger partial charge on any atom is 0.356 e. The zero-order valence-corrected chi connectivity index (χ0v) is 12.5. The molecule has 0 aromatic carbocycles. The van der Waals surface area contributed by atoms with Crippen LogP contribution in [0.3, 0.4) is 0 Å². The number of anilines is 1. The normalized spacial score (nSPS) is 18.6. The van der Waals surface area contributed by atoms with Gasteiger partial charge in [0.25, 0.3) is 0 Å². The van der Waals surface area contributed by atoms with Gasteiger partial charge in [-0.15, -0.1) is 0 Å². The molecule has 110 valence electrons. The number of rotatable bonds is 3. The Bertz CT molecular complexity index is 618. The number of aromatic carboxylic acids is 1. The van der Waals surface area contributed by atoms with Crippen LogP contribution in [0.15, 0.2) is 0 Å². The first-order valence-electron chi connectivity index (χ1n) is 6.00. The van der Waals surface area contributed by atoms with Crippen molar-refractivity contribution >= 4 is 38.1 Å². The summed E-state index contributed by atoms with van der Waals surface area (Å²) in [5.74, 6) is -1.46. The predicted molar refractivity (Wildman–Crippen MR) is 74.6 cm³/mol.